The minimum atomic E-state index is 0.256. The summed E-state index contributed by atoms with van der Waals surface area (Å²) in [6.45, 7) is 8.82. The highest BCUT2D eigenvalue weighted by atomic mass is 16.3. The summed E-state index contributed by atoms with van der Waals surface area (Å²) < 4.78 is 0. The average Bonchev–Trinajstić information content (AvgIpc) is 1.88. The van der Waals surface area contributed by atoms with E-state index >= 15 is 0 Å². The minimum absolute atomic E-state index is 0.256. The van der Waals surface area contributed by atoms with E-state index in [1.54, 1.807) is 0 Å². The summed E-state index contributed by atoms with van der Waals surface area (Å²) in [7, 11) is 2.06. The van der Waals surface area contributed by atoms with E-state index in [-0.39, 0.29) is 6.61 Å². The van der Waals surface area contributed by atoms with Gasteiger partial charge in [-0.15, -0.1) is 0 Å². The smallest absolute Gasteiger partial charge is 0.0589 e. The Morgan fingerprint density at radius 2 is 1.64 bits per heavy atom. The highest BCUT2D eigenvalue weighted by molar-refractivity contribution is 4.73. The van der Waals surface area contributed by atoms with Gasteiger partial charge in [0.25, 0.3) is 0 Å². The standard InChI is InChI=1S/C9H21NO/c1-7(2)9(6-11)10(5)8(3)4/h7-9,11H,6H2,1-5H3/t9-/m1/s1. The minimum Gasteiger partial charge on any atom is -0.395 e. The van der Waals surface area contributed by atoms with E-state index in [0.29, 0.717) is 18.0 Å². The zero-order valence-corrected chi connectivity index (χ0v) is 8.33. The fourth-order valence-electron chi connectivity index (χ4n) is 1.19. The largest absolute Gasteiger partial charge is 0.395 e. The molecule has 68 valence electrons. The van der Waals surface area contributed by atoms with Gasteiger partial charge in [-0.2, -0.15) is 0 Å². The first kappa shape index (κ1) is 10.9. The summed E-state index contributed by atoms with van der Waals surface area (Å²) in [5, 5.41) is 9.07. The summed E-state index contributed by atoms with van der Waals surface area (Å²) in [5.41, 5.74) is 0. The predicted molar refractivity (Wildman–Crippen MR) is 48.6 cm³/mol. The first-order chi connectivity index (χ1) is 5.00. The Morgan fingerprint density at radius 1 is 1.18 bits per heavy atom. The van der Waals surface area contributed by atoms with Gasteiger partial charge in [0.05, 0.1) is 6.61 Å². The second kappa shape index (κ2) is 4.73. The highest BCUT2D eigenvalue weighted by Crippen LogP contribution is 2.10. The monoisotopic (exact) mass is 159 g/mol. The third-order valence-corrected chi connectivity index (χ3v) is 2.29. The fourth-order valence-corrected chi connectivity index (χ4v) is 1.19. The van der Waals surface area contributed by atoms with Crippen LogP contribution in [0.4, 0.5) is 0 Å². The Labute approximate surface area is 70.2 Å². The van der Waals surface area contributed by atoms with Gasteiger partial charge in [0.1, 0.15) is 0 Å². The maximum atomic E-state index is 9.07. The summed E-state index contributed by atoms with van der Waals surface area (Å²) in [4.78, 5) is 2.21. The van der Waals surface area contributed by atoms with Crippen LogP contribution in [0.2, 0.25) is 0 Å². The molecular formula is C9H21NO. The quantitative estimate of drug-likeness (QED) is 0.669. The van der Waals surface area contributed by atoms with Crippen LogP contribution in [0.25, 0.3) is 0 Å². The van der Waals surface area contributed by atoms with Crippen LogP contribution < -0.4 is 0 Å². The molecule has 2 nitrogen and oxygen atoms in total. The zero-order valence-electron chi connectivity index (χ0n) is 8.33. The van der Waals surface area contributed by atoms with Crippen LogP contribution in [-0.2, 0) is 0 Å². The summed E-state index contributed by atoms with van der Waals surface area (Å²) in [6, 6.07) is 0.810. The molecule has 0 saturated carbocycles. The van der Waals surface area contributed by atoms with Gasteiger partial charge in [-0.1, -0.05) is 13.8 Å². The molecule has 1 N–H and O–H groups in total. The lowest BCUT2D eigenvalue weighted by Gasteiger charge is -2.32. The summed E-state index contributed by atoms with van der Waals surface area (Å²) in [5.74, 6) is 0.521. The van der Waals surface area contributed by atoms with Crippen molar-refractivity contribution in [2.45, 2.75) is 39.8 Å². The summed E-state index contributed by atoms with van der Waals surface area (Å²) in [6.07, 6.45) is 0. The molecule has 0 fully saturated rings. The molecule has 0 aliphatic rings. The van der Waals surface area contributed by atoms with Crippen molar-refractivity contribution in [2.24, 2.45) is 5.92 Å². The van der Waals surface area contributed by atoms with Crippen LogP contribution in [0, 0.1) is 5.92 Å². The normalized spacial score (nSPS) is 15.0. The molecule has 0 saturated heterocycles. The Bertz CT molecular complexity index is 102. The lowest BCUT2D eigenvalue weighted by atomic mass is 10.0. The number of aliphatic hydroxyl groups excluding tert-OH is 1. The molecule has 11 heavy (non-hydrogen) atoms. The van der Waals surface area contributed by atoms with E-state index in [4.69, 9.17) is 5.11 Å². The van der Waals surface area contributed by atoms with Crippen LogP contribution in [0.5, 0.6) is 0 Å². The molecule has 0 aliphatic carbocycles. The molecule has 0 aromatic carbocycles. The second-order valence-electron chi connectivity index (χ2n) is 3.75. The van der Waals surface area contributed by atoms with Crippen molar-refractivity contribution in [3.05, 3.63) is 0 Å². The number of hydrogen-bond acceptors (Lipinski definition) is 2. The molecule has 0 bridgehead atoms. The molecule has 0 rings (SSSR count). The van der Waals surface area contributed by atoms with Gasteiger partial charge in [0.15, 0.2) is 0 Å². The van der Waals surface area contributed by atoms with Gasteiger partial charge in [-0.25, -0.2) is 0 Å². The molecule has 0 amide bonds. The maximum absolute atomic E-state index is 9.07. The number of likely N-dealkylation sites (N-methyl/N-ethyl adjacent to an activating group) is 1. The van der Waals surface area contributed by atoms with E-state index in [9.17, 15) is 0 Å². The fraction of sp³-hybridized carbons (Fsp3) is 1.00. The lowest BCUT2D eigenvalue weighted by molar-refractivity contribution is 0.0900. The highest BCUT2D eigenvalue weighted by Gasteiger charge is 2.18. The van der Waals surface area contributed by atoms with Crippen molar-refractivity contribution in [1.82, 2.24) is 4.90 Å². The first-order valence-corrected chi connectivity index (χ1v) is 4.33. The van der Waals surface area contributed by atoms with Crippen LogP contribution in [0.1, 0.15) is 27.7 Å². The average molecular weight is 159 g/mol. The molecule has 0 radical (unpaired) electrons. The molecule has 0 unspecified atom stereocenters. The van der Waals surface area contributed by atoms with Crippen LogP contribution in [0.15, 0.2) is 0 Å². The maximum Gasteiger partial charge on any atom is 0.0589 e. The van der Waals surface area contributed by atoms with E-state index in [1.807, 2.05) is 0 Å². The molecule has 0 aromatic rings. The lowest BCUT2D eigenvalue weighted by Crippen LogP contribution is -2.42. The van der Waals surface area contributed by atoms with Crippen molar-refractivity contribution >= 4 is 0 Å². The van der Waals surface area contributed by atoms with E-state index in [1.165, 1.54) is 0 Å². The Kier molecular flexibility index (Phi) is 4.69. The van der Waals surface area contributed by atoms with Crippen molar-refractivity contribution < 1.29 is 5.11 Å². The van der Waals surface area contributed by atoms with Crippen molar-refractivity contribution in [3.63, 3.8) is 0 Å². The van der Waals surface area contributed by atoms with Crippen molar-refractivity contribution in [2.75, 3.05) is 13.7 Å². The van der Waals surface area contributed by atoms with Gasteiger partial charge >= 0.3 is 0 Å². The topological polar surface area (TPSA) is 23.5 Å². The van der Waals surface area contributed by atoms with Gasteiger partial charge < -0.3 is 5.11 Å². The van der Waals surface area contributed by atoms with Gasteiger partial charge in [-0.3, -0.25) is 4.90 Å². The Hall–Kier alpha value is -0.0800. The SMILES string of the molecule is CC(C)[C@@H](CO)N(C)C(C)C. The molecule has 0 spiro atoms. The number of hydrogen-bond donors (Lipinski definition) is 1. The van der Waals surface area contributed by atoms with Crippen LogP contribution >= 0.6 is 0 Å². The zero-order chi connectivity index (χ0) is 9.02. The van der Waals surface area contributed by atoms with Crippen LogP contribution in [-0.4, -0.2) is 35.7 Å². The number of nitrogens with zero attached hydrogens (tertiary/aromatic N) is 1. The molecule has 0 heterocycles. The molecular weight excluding hydrogens is 138 g/mol. The predicted octanol–water partition coefficient (Wildman–Crippen LogP) is 1.34. The van der Waals surface area contributed by atoms with Crippen molar-refractivity contribution in [1.29, 1.82) is 0 Å². The number of aliphatic hydroxyl groups is 1. The molecule has 0 aliphatic heterocycles. The molecule has 2 heteroatoms. The van der Waals surface area contributed by atoms with E-state index in [0.717, 1.165) is 0 Å². The van der Waals surface area contributed by atoms with Crippen LogP contribution in [0.3, 0.4) is 0 Å². The Morgan fingerprint density at radius 3 is 1.73 bits per heavy atom. The first-order valence-electron chi connectivity index (χ1n) is 4.33. The second-order valence-corrected chi connectivity index (χ2v) is 3.75. The number of rotatable bonds is 4. The third kappa shape index (κ3) is 3.21. The van der Waals surface area contributed by atoms with Gasteiger partial charge in [0, 0.05) is 12.1 Å². The van der Waals surface area contributed by atoms with Gasteiger partial charge in [0.2, 0.25) is 0 Å². The molecule has 1 atom stereocenters. The third-order valence-electron chi connectivity index (χ3n) is 2.29. The van der Waals surface area contributed by atoms with E-state index in [2.05, 4.69) is 39.6 Å². The van der Waals surface area contributed by atoms with Gasteiger partial charge in [-0.05, 0) is 26.8 Å². The van der Waals surface area contributed by atoms with E-state index < -0.39 is 0 Å². The summed E-state index contributed by atoms with van der Waals surface area (Å²) >= 11 is 0. The Balaban J connectivity index is 4.02. The van der Waals surface area contributed by atoms with Crippen molar-refractivity contribution in [3.8, 4) is 0 Å². The molecule has 0 aromatic heterocycles.